The Morgan fingerprint density at radius 3 is 2.78 bits per heavy atom. The van der Waals surface area contributed by atoms with E-state index in [1.165, 1.54) is 42.1 Å². The van der Waals surface area contributed by atoms with E-state index in [9.17, 15) is 24.3 Å². The standard InChI is InChI=1S/C18H17ClFN3O4/c1-21(2)18(26)16-11-5-6-22(8-10-3-4-13(20)12(19)7-10)17(25)15(11)14(24)9-23(16)27/h3-4,7,9,24H,5-6,8H2,1-2H3. The van der Waals surface area contributed by atoms with Gasteiger partial charge in [0.05, 0.1) is 10.6 Å². The Bertz CT molecular complexity index is 949. The Kier molecular flexibility index (Phi) is 4.93. The molecule has 1 N–H and O–H groups in total. The van der Waals surface area contributed by atoms with Crippen LogP contribution in [0.2, 0.25) is 5.02 Å². The first kappa shape index (κ1) is 18.9. The van der Waals surface area contributed by atoms with E-state index in [0.29, 0.717) is 10.3 Å². The van der Waals surface area contributed by atoms with E-state index in [4.69, 9.17) is 11.6 Å². The van der Waals surface area contributed by atoms with E-state index in [2.05, 4.69) is 0 Å². The fourth-order valence-electron chi connectivity index (χ4n) is 3.08. The van der Waals surface area contributed by atoms with Crippen molar-refractivity contribution in [3.05, 3.63) is 62.8 Å². The molecule has 1 aliphatic heterocycles. The van der Waals surface area contributed by atoms with E-state index in [-0.39, 0.29) is 41.4 Å². The zero-order chi connectivity index (χ0) is 19.9. The maximum absolute atomic E-state index is 13.3. The number of hydrogen-bond donors (Lipinski definition) is 1. The molecule has 0 aliphatic carbocycles. The number of halogens is 2. The van der Waals surface area contributed by atoms with Crippen molar-refractivity contribution in [1.29, 1.82) is 0 Å². The smallest absolute Gasteiger partial charge is 0.319 e. The van der Waals surface area contributed by atoms with Crippen LogP contribution in [0.1, 0.15) is 32.0 Å². The second-order valence-corrected chi connectivity index (χ2v) is 6.87. The number of carbonyl (C=O) groups is 2. The second-order valence-electron chi connectivity index (χ2n) is 6.47. The minimum Gasteiger partial charge on any atom is -0.618 e. The first-order valence-corrected chi connectivity index (χ1v) is 8.51. The SMILES string of the molecule is CN(C)C(=O)c1c2c(c(O)c[n+]1[O-])C(=O)N(Cc1ccc(F)c(Cl)c1)CC2. The molecule has 0 saturated heterocycles. The van der Waals surface area contributed by atoms with Gasteiger partial charge in [-0.1, -0.05) is 17.7 Å². The molecule has 27 heavy (non-hydrogen) atoms. The van der Waals surface area contributed by atoms with Gasteiger partial charge < -0.3 is 20.1 Å². The van der Waals surface area contributed by atoms with Crippen molar-refractivity contribution in [3.63, 3.8) is 0 Å². The summed E-state index contributed by atoms with van der Waals surface area (Å²) in [5, 5.41) is 22.2. The van der Waals surface area contributed by atoms with Gasteiger partial charge in [-0.25, -0.2) is 4.39 Å². The minimum absolute atomic E-state index is 0.0496. The number of rotatable bonds is 3. The summed E-state index contributed by atoms with van der Waals surface area (Å²) in [6.07, 6.45) is 1.04. The molecule has 2 heterocycles. The molecule has 9 heteroatoms. The van der Waals surface area contributed by atoms with Crippen LogP contribution in [-0.2, 0) is 13.0 Å². The molecule has 0 saturated carbocycles. The number of aromatic nitrogens is 1. The first-order valence-electron chi connectivity index (χ1n) is 8.13. The molecular formula is C18H17ClFN3O4. The van der Waals surface area contributed by atoms with E-state index >= 15 is 0 Å². The third kappa shape index (κ3) is 3.40. The van der Waals surface area contributed by atoms with Crippen LogP contribution in [0.3, 0.4) is 0 Å². The van der Waals surface area contributed by atoms with Crippen LogP contribution < -0.4 is 4.73 Å². The van der Waals surface area contributed by atoms with Gasteiger partial charge in [0.1, 0.15) is 5.82 Å². The van der Waals surface area contributed by atoms with Crippen LogP contribution in [0, 0.1) is 11.0 Å². The molecule has 1 aromatic heterocycles. The molecule has 1 aromatic carbocycles. The van der Waals surface area contributed by atoms with Crippen LogP contribution >= 0.6 is 11.6 Å². The van der Waals surface area contributed by atoms with Crippen LogP contribution in [0.15, 0.2) is 24.4 Å². The van der Waals surface area contributed by atoms with Crippen LogP contribution in [0.4, 0.5) is 4.39 Å². The predicted octanol–water partition coefficient (Wildman–Crippen LogP) is 1.72. The second kappa shape index (κ2) is 7.03. The maximum atomic E-state index is 13.3. The van der Waals surface area contributed by atoms with Crippen molar-refractivity contribution in [2.45, 2.75) is 13.0 Å². The van der Waals surface area contributed by atoms with Gasteiger partial charge >= 0.3 is 5.91 Å². The number of hydrogen-bond acceptors (Lipinski definition) is 4. The Balaban J connectivity index is 1.98. The number of fused-ring (bicyclic) bond motifs is 1. The Hall–Kier alpha value is -2.87. The van der Waals surface area contributed by atoms with Gasteiger partial charge in [-0.15, -0.1) is 0 Å². The van der Waals surface area contributed by atoms with E-state index < -0.39 is 23.4 Å². The predicted molar refractivity (Wildman–Crippen MR) is 94.9 cm³/mol. The Morgan fingerprint density at radius 1 is 1.44 bits per heavy atom. The van der Waals surface area contributed by atoms with Crippen LogP contribution in [0.25, 0.3) is 0 Å². The van der Waals surface area contributed by atoms with Crippen molar-refractivity contribution in [3.8, 4) is 5.75 Å². The molecule has 0 radical (unpaired) electrons. The summed E-state index contributed by atoms with van der Waals surface area (Å²) in [5.41, 5.74) is 0.608. The third-order valence-corrected chi connectivity index (χ3v) is 4.69. The van der Waals surface area contributed by atoms with E-state index in [1.807, 2.05) is 0 Å². The molecule has 7 nitrogen and oxygen atoms in total. The topological polar surface area (TPSA) is 87.8 Å². The lowest BCUT2D eigenvalue weighted by molar-refractivity contribution is -0.609. The summed E-state index contributed by atoms with van der Waals surface area (Å²) >= 11 is 5.78. The molecule has 0 bridgehead atoms. The molecule has 0 spiro atoms. The van der Waals surface area contributed by atoms with Crippen LogP contribution in [-0.4, -0.2) is 47.4 Å². The molecule has 2 amide bonds. The molecule has 0 atom stereocenters. The summed E-state index contributed by atoms with van der Waals surface area (Å²) in [5.74, 6) is -2.10. The fraction of sp³-hybridized carbons (Fsp3) is 0.278. The summed E-state index contributed by atoms with van der Waals surface area (Å²) in [6.45, 7) is 0.388. The molecule has 0 unspecified atom stereocenters. The normalized spacial score (nSPS) is 13.5. The highest BCUT2D eigenvalue weighted by Gasteiger charge is 2.36. The van der Waals surface area contributed by atoms with E-state index in [0.717, 1.165) is 6.20 Å². The molecule has 2 aromatic rings. The highest BCUT2D eigenvalue weighted by molar-refractivity contribution is 6.30. The molecule has 0 fully saturated rings. The van der Waals surface area contributed by atoms with Crippen LogP contribution in [0.5, 0.6) is 5.75 Å². The van der Waals surface area contributed by atoms with Gasteiger partial charge in [0.15, 0.2) is 5.75 Å². The summed E-state index contributed by atoms with van der Waals surface area (Å²) < 4.78 is 13.6. The van der Waals surface area contributed by atoms with Crippen molar-refractivity contribution < 1.29 is 23.8 Å². The zero-order valence-electron chi connectivity index (χ0n) is 14.7. The Morgan fingerprint density at radius 2 is 2.15 bits per heavy atom. The zero-order valence-corrected chi connectivity index (χ0v) is 15.5. The number of benzene rings is 1. The number of pyridine rings is 1. The van der Waals surface area contributed by atoms with Gasteiger partial charge in [-0.2, -0.15) is 4.73 Å². The Labute approximate surface area is 159 Å². The highest BCUT2D eigenvalue weighted by Crippen LogP contribution is 2.29. The van der Waals surface area contributed by atoms with Gasteiger partial charge in [-0.05, 0) is 24.1 Å². The summed E-state index contributed by atoms with van der Waals surface area (Å²) in [4.78, 5) is 27.9. The average molecular weight is 394 g/mol. The summed E-state index contributed by atoms with van der Waals surface area (Å²) in [7, 11) is 2.99. The van der Waals surface area contributed by atoms with Crippen molar-refractivity contribution in [2.24, 2.45) is 0 Å². The first-order chi connectivity index (χ1) is 12.7. The lowest BCUT2D eigenvalue weighted by Crippen LogP contribution is -2.45. The highest BCUT2D eigenvalue weighted by atomic mass is 35.5. The van der Waals surface area contributed by atoms with Gasteiger partial charge in [-0.3, -0.25) is 9.59 Å². The number of amides is 2. The molecule has 1 aliphatic rings. The summed E-state index contributed by atoms with van der Waals surface area (Å²) in [6, 6.07) is 4.16. The lowest BCUT2D eigenvalue weighted by Gasteiger charge is -2.29. The largest absolute Gasteiger partial charge is 0.618 e. The van der Waals surface area contributed by atoms with Crippen molar-refractivity contribution in [2.75, 3.05) is 20.6 Å². The van der Waals surface area contributed by atoms with Crippen molar-refractivity contribution >= 4 is 23.4 Å². The monoisotopic (exact) mass is 393 g/mol. The average Bonchev–Trinajstić information content (AvgIpc) is 2.59. The fourth-order valence-corrected chi connectivity index (χ4v) is 3.28. The van der Waals surface area contributed by atoms with E-state index in [1.54, 1.807) is 0 Å². The van der Waals surface area contributed by atoms with Crippen molar-refractivity contribution in [1.82, 2.24) is 9.80 Å². The quantitative estimate of drug-likeness (QED) is 0.635. The number of aromatic hydroxyl groups is 1. The van der Waals surface area contributed by atoms with Gasteiger partial charge in [0.25, 0.3) is 11.6 Å². The molecular weight excluding hydrogens is 377 g/mol. The molecule has 3 rings (SSSR count). The molecule has 142 valence electrons. The van der Waals surface area contributed by atoms with Gasteiger partial charge in [0, 0.05) is 32.7 Å². The maximum Gasteiger partial charge on any atom is 0.319 e. The lowest BCUT2D eigenvalue weighted by atomic mass is 9.96. The minimum atomic E-state index is -0.555. The number of carbonyl (C=O) groups excluding carboxylic acids is 2. The number of nitrogens with zero attached hydrogens (tertiary/aromatic N) is 3. The van der Waals surface area contributed by atoms with Gasteiger partial charge in [0.2, 0.25) is 6.20 Å². The third-order valence-electron chi connectivity index (χ3n) is 4.40.